The molecule has 0 saturated carbocycles. The van der Waals surface area contributed by atoms with Crippen LogP contribution < -0.4 is 11.1 Å². The standard InChI is InChI=1S/C24H26N2O2/c1-4-21-12-11-16(2)22(27)15-24(3,26-21)20-10-6-8-18(14-20)17-7-5-9-19(13-17)23(25)28/h5-10,13-14,16,26H,1,11-12,15H2,2-3H3,(H2,25,28)/t16?,24-/m0/s1. The van der Waals surface area contributed by atoms with Crippen molar-refractivity contribution < 1.29 is 9.59 Å². The van der Waals surface area contributed by atoms with Crippen molar-refractivity contribution >= 4 is 11.7 Å². The molecule has 2 aromatic carbocycles. The fraction of sp³-hybridized carbons (Fsp3) is 0.292. The zero-order chi connectivity index (χ0) is 20.3. The molecule has 4 heteroatoms. The van der Waals surface area contributed by atoms with Crippen molar-refractivity contribution in [3.63, 3.8) is 0 Å². The van der Waals surface area contributed by atoms with E-state index in [1.54, 1.807) is 12.1 Å². The first kappa shape index (κ1) is 19.7. The smallest absolute Gasteiger partial charge is 0.248 e. The quantitative estimate of drug-likeness (QED) is 0.786. The molecule has 1 fully saturated rings. The molecule has 0 bridgehead atoms. The van der Waals surface area contributed by atoms with Crippen LogP contribution in [0.5, 0.6) is 0 Å². The van der Waals surface area contributed by atoms with Crippen LogP contribution >= 0.6 is 0 Å². The van der Waals surface area contributed by atoms with Crippen LogP contribution in [0.4, 0.5) is 0 Å². The molecule has 3 N–H and O–H groups in total. The summed E-state index contributed by atoms with van der Waals surface area (Å²) in [6.07, 6.45) is 1.95. The van der Waals surface area contributed by atoms with Gasteiger partial charge in [0, 0.05) is 17.9 Å². The SMILES string of the molecule is C=C=C1CCC(C)C(=O)C[C@@](C)(c2cccc(-c3cccc(C(N)=O)c3)c2)N1. The van der Waals surface area contributed by atoms with Crippen LogP contribution in [0.15, 0.2) is 66.5 Å². The van der Waals surface area contributed by atoms with Gasteiger partial charge in [-0.05, 0) is 54.7 Å². The fourth-order valence-corrected chi connectivity index (χ4v) is 3.69. The second kappa shape index (κ2) is 7.87. The maximum absolute atomic E-state index is 12.7. The average Bonchev–Trinajstić information content (AvgIpc) is 2.70. The molecule has 1 saturated heterocycles. The third kappa shape index (κ3) is 4.08. The predicted molar refractivity (Wildman–Crippen MR) is 112 cm³/mol. The lowest BCUT2D eigenvalue weighted by Gasteiger charge is -2.36. The topological polar surface area (TPSA) is 72.2 Å². The minimum atomic E-state index is -0.552. The van der Waals surface area contributed by atoms with E-state index in [9.17, 15) is 9.59 Å². The third-order valence-corrected chi connectivity index (χ3v) is 5.53. The highest BCUT2D eigenvalue weighted by atomic mass is 16.1. The number of Topliss-reactive ketones (excluding diaryl/α,β-unsaturated/α-hetero) is 1. The van der Waals surface area contributed by atoms with Crippen LogP contribution in [0, 0.1) is 5.92 Å². The van der Waals surface area contributed by atoms with Gasteiger partial charge in [-0.2, -0.15) is 0 Å². The van der Waals surface area contributed by atoms with Crippen molar-refractivity contribution in [2.45, 2.75) is 38.6 Å². The lowest BCUT2D eigenvalue weighted by molar-refractivity contribution is -0.124. The van der Waals surface area contributed by atoms with Crippen molar-refractivity contribution in [3.8, 4) is 11.1 Å². The van der Waals surface area contributed by atoms with Gasteiger partial charge in [0.05, 0.1) is 11.2 Å². The normalized spacial score (nSPS) is 22.6. The highest BCUT2D eigenvalue weighted by molar-refractivity contribution is 5.94. The van der Waals surface area contributed by atoms with E-state index in [0.29, 0.717) is 12.0 Å². The molecule has 0 aliphatic carbocycles. The molecule has 1 aliphatic heterocycles. The van der Waals surface area contributed by atoms with Gasteiger partial charge in [-0.15, -0.1) is 5.73 Å². The first-order valence-electron chi connectivity index (χ1n) is 9.53. The number of carbonyl (C=O) groups is 2. The number of hydrogen-bond donors (Lipinski definition) is 2. The Kier molecular flexibility index (Phi) is 5.53. The summed E-state index contributed by atoms with van der Waals surface area (Å²) < 4.78 is 0. The first-order valence-corrected chi connectivity index (χ1v) is 9.53. The number of primary amides is 1. The molecule has 0 aromatic heterocycles. The fourth-order valence-electron chi connectivity index (χ4n) is 3.69. The Hall–Kier alpha value is -3.10. The van der Waals surface area contributed by atoms with Gasteiger partial charge >= 0.3 is 0 Å². The second-order valence-electron chi connectivity index (χ2n) is 7.72. The summed E-state index contributed by atoms with van der Waals surface area (Å²) in [4.78, 5) is 24.2. The summed E-state index contributed by atoms with van der Waals surface area (Å²) in [5.41, 5.74) is 12.1. The Morgan fingerprint density at radius 1 is 1.21 bits per heavy atom. The van der Waals surface area contributed by atoms with Gasteiger partial charge in [0.1, 0.15) is 5.78 Å². The van der Waals surface area contributed by atoms with E-state index in [4.69, 9.17) is 5.73 Å². The molecule has 0 spiro atoms. The molecule has 2 atom stereocenters. The van der Waals surface area contributed by atoms with Gasteiger partial charge in [-0.25, -0.2) is 0 Å². The van der Waals surface area contributed by atoms with Crippen LogP contribution in [-0.4, -0.2) is 11.7 Å². The lowest BCUT2D eigenvalue weighted by Crippen LogP contribution is -2.43. The van der Waals surface area contributed by atoms with E-state index in [0.717, 1.165) is 35.2 Å². The molecule has 28 heavy (non-hydrogen) atoms. The summed E-state index contributed by atoms with van der Waals surface area (Å²) in [6.45, 7) is 7.83. The number of benzene rings is 2. The number of carbonyl (C=O) groups excluding carboxylic acids is 2. The summed E-state index contributed by atoms with van der Waals surface area (Å²) >= 11 is 0. The van der Waals surface area contributed by atoms with Crippen LogP contribution in [0.3, 0.4) is 0 Å². The zero-order valence-electron chi connectivity index (χ0n) is 16.4. The number of nitrogens with one attached hydrogen (secondary N) is 1. The van der Waals surface area contributed by atoms with Gasteiger partial charge < -0.3 is 11.1 Å². The maximum atomic E-state index is 12.7. The molecule has 4 nitrogen and oxygen atoms in total. The highest BCUT2D eigenvalue weighted by Crippen LogP contribution is 2.34. The van der Waals surface area contributed by atoms with E-state index in [2.05, 4.69) is 23.7 Å². The number of rotatable bonds is 3. The van der Waals surface area contributed by atoms with Crippen molar-refractivity contribution in [2.75, 3.05) is 0 Å². The second-order valence-corrected chi connectivity index (χ2v) is 7.72. The van der Waals surface area contributed by atoms with Crippen molar-refractivity contribution in [3.05, 3.63) is 77.7 Å². The zero-order valence-corrected chi connectivity index (χ0v) is 16.4. The Morgan fingerprint density at radius 3 is 2.57 bits per heavy atom. The Labute approximate surface area is 166 Å². The third-order valence-electron chi connectivity index (χ3n) is 5.53. The first-order chi connectivity index (χ1) is 13.3. The molecule has 0 radical (unpaired) electrons. The predicted octanol–water partition coefficient (Wildman–Crippen LogP) is 4.32. The van der Waals surface area contributed by atoms with E-state index in [1.165, 1.54) is 0 Å². The van der Waals surface area contributed by atoms with Crippen LogP contribution in [0.2, 0.25) is 0 Å². The molecular weight excluding hydrogens is 348 g/mol. The van der Waals surface area contributed by atoms with Crippen LogP contribution in [0.1, 0.15) is 49.0 Å². The molecule has 1 amide bonds. The monoisotopic (exact) mass is 374 g/mol. The summed E-state index contributed by atoms with van der Waals surface area (Å²) in [5, 5.41) is 3.51. The van der Waals surface area contributed by atoms with Crippen LogP contribution in [0.25, 0.3) is 11.1 Å². The Morgan fingerprint density at radius 2 is 1.89 bits per heavy atom. The lowest BCUT2D eigenvalue weighted by atomic mass is 9.80. The molecule has 3 rings (SSSR count). The van der Waals surface area contributed by atoms with Gasteiger partial charge in [-0.1, -0.05) is 43.8 Å². The molecular formula is C24H26N2O2. The van der Waals surface area contributed by atoms with E-state index >= 15 is 0 Å². The summed E-state index contributed by atoms with van der Waals surface area (Å²) in [5.74, 6) is -0.188. The number of ketones is 1. The van der Waals surface area contributed by atoms with Crippen molar-refractivity contribution in [1.29, 1.82) is 0 Å². The Bertz CT molecular complexity index is 972. The highest BCUT2D eigenvalue weighted by Gasteiger charge is 2.34. The van der Waals surface area contributed by atoms with Crippen molar-refractivity contribution in [2.24, 2.45) is 11.7 Å². The van der Waals surface area contributed by atoms with Gasteiger partial charge in [0.15, 0.2) is 0 Å². The van der Waals surface area contributed by atoms with Crippen LogP contribution in [-0.2, 0) is 10.3 Å². The molecule has 2 aromatic rings. The summed E-state index contributed by atoms with van der Waals surface area (Å²) in [6, 6.07) is 15.3. The number of amides is 1. The number of hydrogen-bond acceptors (Lipinski definition) is 3. The number of allylic oxidation sites excluding steroid dienone is 1. The van der Waals surface area contributed by atoms with Gasteiger partial charge in [0.2, 0.25) is 5.91 Å². The minimum Gasteiger partial charge on any atom is -0.372 e. The van der Waals surface area contributed by atoms with E-state index in [-0.39, 0.29) is 11.7 Å². The minimum absolute atomic E-state index is 0.0141. The molecule has 1 aliphatic rings. The van der Waals surface area contributed by atoms with Gasteiger partial charge in [-0.3, -0.25) is 9.59 Å². The van der Waals surface area contributed by atoms with Crippen molar-refractivity contribution in [1.82, 2.24) is 5.32 Å². The Balaban J connectivity index is 2.03. The molecule has 1 unspecified atom stereocenters. The van der Waals surface area contributed by atoms with Gasteiger partial charge in [0.25, 0.3) is 0 Å². The molecule has 1 heterocycles. The van der Waals surface area contributed by atoms with E-state index in [1.807, 2.05) is 44.2 Å². The number of nitrogens with two attached hydrogens (primary N) is 1. The largest absolute Gasteiger partial charge is 0.372 e. The summed E-state index contributed by atoms with van der Waals surface area (Å²) in [7, 11) is 0. The maximum Gasteiger partial charge on any atom is 0.248 e. The van der Waals surface area contributed by atoms with E-state index < -0.39 is 11.4 Å². The molecule has 144 valence electrons. The average molecular weight is 374 g/mol.